The van der Waals surface area contributed by atoms with Crippen LogP contribution < -0.4 is 0 Å². The van der Waals surface area contributed by atoms with Crippen molar-refractivity contribution >= 4 is 131 Å². The Hall–Kier alpha value is -14.0. The molecule has 8 heterocycles. The van der Waals surface area contributed by atoms with Gasteiger partial charge in [-0.25, -0.2) is 19.9 Å². The van der Waals surface area contributed by atoms with Gasteiger partial charge in [-0.05, 0) is 78.9 Å². The van der Waals surface area contributed by atoms with Crippen LogP contribution in [-0.2, 0) is 0 Å². The Bertz CT molecular complexity index is 7120. The van der Waals surface area contributed by atoms with E-state index in [1.54, 1.807) is 0 Å². The van der Waals surface area contributed by atoms with E-state index in [1.807, 2.05) is 60.7 Å². The minimum atomic E-state index is 0.609. The zero-order valence-electron chi connectivity index (χ0n) is 54.7. The molecule has 10 heteroatoms. The Morgan fingerprint density at radius 2 is 0.578 bits per heavy atom. The normalized spacial score (nSPS) is 11.9. The number of hydrogen-bond acceptors (Lipinski definition) is 6. The van der Waals surface area contributed by atoms with Crippen LogP contribution in [0.5, 0.6) is 0 Å². The number of fused-ring (bicyclic) bond motifs is 20. The summed E-state index contributed by atoms with van der Waals surface area (Å²) in [5.41, 5.74) is 20.0. The van der Waals surface area contributed by atoms with Crippen molar-refractivity contribution in [1.29, 1.82) is 0 Å². The molecule has 8 aromatic heterocycles. The highest BCUT2D eigenvalue weighted by atomic mass is 16.3. The average molecular weight is 1310 g/mol. The first-order valence-electron chi connectivity index (χ1n) is 34.4. The molecule has 14 aromatic carbocycles. The minimum Gasteiger partial charge on any atom is -0.456 e. The van der Waals surface area contributed by atoms with Gasteiger partial charge in [0, 0.05) is 105 Å². The standard InChI is InChI=1S/2C46H28N4O/c1-3-14-29(15-4-1)38-28-42(48-46(47-38)37-22-13-21-36-33-20-9-12-25-41(33)51-45(36)37)50-40-24-11-8-19-32(40)35-27-26-34-31-18-7-10-23-39(31)49(43(34)44(35)50)30-16-5-2-6-17-30;1-3-13-29(14-4-1)46-47-38(30-23-24-35-34-19-9-12-22-41(34)51-42(35)27-30)28-43(48-46)50-40-21-11-8-18-33(40)37-26-25-36-32-17-7-10-20-39(32)49(44(36)45(37)50)31-15-5-2-6-16-31/h2*1-28H. The Kier molecular flexibility index (Phi) is 12.8. The zero-order valence-corrected chi connectivity index (χ0v) is 54.7. The third-order valence-corrected chi connectivity index (χ3v) is 20.3. The minimum absolute atomic E-state index is 0.609. The van der Waals surface area contributed by atoms with E-state index in [2.05, 4.69) is 297 Å². The number of rotatable bonds is 8. The predicted molar refractivity (Wildman–Crippen MR) is 418 cm³/mol. The van der Waals surface area contributed by atoms with Crippen LogP contribution in [0.3, 0.4) is 0 Å². The molecule has 10 nitrogen and oxygen atoms in total. The largest absolute Gasteiger partial charge is 0.456 e. The molecule has 476 valence electrons. The van der Waals surface area contributed by atoms with E-state index in [4.69, 9.17) is 28.8 Å². The molecule has 0 saturated carbocycles. The van der Waals surface area contributed by atoms with Crippen LogP contribution in [0.1, 0.15) is 0 Å². The van der Waals surface area contributed by atoms with Crippen molar-refractivity contribution in [2.45, 2.75) is 0 Å². The Morgan fingerprint density at radius 3 is 1.10 bits per heavy atom. The van der Waals surface area contributed by atoms with E-state index in [1.165, 1.54) is 43.1 Å². The maximum absolute atomic E-state index is 6.52. The highest BCUT2D eigenvalue weighted by Crippen LogP contribution is 2.46. The molecule has 0 bridgehead atoms. The maximum atomic E-state index is 6.52. The predicted octanol–water partition coefficient (Wildman–Crippen LogP) is 23.8. The summed E-state index contributed by atoms with van der Waals surface area (Å²) in [6.45, 7) is 0. The number of furan rings is 2. The number of hydrogen-bond donors (Lipinski definition) is 0. The number of aromatic nitrogens is 8. The SMILES string of the molecule is c1ccc(-c2cc(-n3c4ccccc4c4ccc5c6ccccc6n(-c6ccccc6)c5c43)nc(-c3cccc4c3oc3ccccc34)n2)cc1.c1ccc(-c2nc(-c3ccc4c(c3)oc3ccccc34)cc(-n3c4ccccc4c4ccc5c6ccccc6n(-c6ccccc6)c5c43)n2)cc1. The molecule has 0 amide bonds. The smallest absolute Gasteiger partial charge is 0.165 e. The molecule has 0 aliphatic carbocycles. The van der Waals surface area contributed by atoms with Gasteiger partial charge < -0.3 is 18.0 Å². The molecular formula is C92H56N8O2. The van der Waals surface area contributed by atoms with E-state index < -0.39 is 0 Å². The molecule has 0 atom stereocenters. The summed E-state index contributed by atoms with van der Waals surface area (Å²) in [6, 6.07) is 119. The van der Waals surface area contributed by atoms with Crippen LogP contribution in [0.25, 0.3) is 199 Å². The molecule has 0 radical (unpaired) electrons. The molecule has 0 fully saturated rings. The van der Waals surface area contributed by atoms with Gasteiger partial charge in [0.15, 0.2) is 11.6 Å². The van der Waals surface area contributed by atoms with E-state index in [-0.39, 0.29) is 0 Å². The van der Waals surface area contributed by atoms with Crippen LogP contribution in [0, 0.1) is 0 Å². The third-order valence-electron chi connectivity index (χ3n) is 20.3. The van der Waals surface area contributed by atoms with Crippen molar-refractivity contribution < 1.29 is 8.83 Å². The summed E-state index contributed by atoms with van der Waals surface area (Å²) in [4.78, 5) is 21.2. The topological polar surface area (TPSA) is 97.6 Å². The second-order valence-electron chi connectivity index (χ2n) is 26.0. The van der Waals surface area contributed by atoms with E-state index >= 15 is 0 Å². The van der Waals surface area contributed by atoms with E-state index in [0.717, 1.165) is 145 Å². The van der Waals surface area contributed by atoms with Crippen molar-refractivity contribution in [3.05, 3.63) is 340 Å². The molecule has 0 aliphatic rings. The van der Waals surface area contributed by atoms with Gasteiger partial charge in [-0.3, -0.25) is 9.13 Å². The average Bonchev–Trinajstić information content (AvgIpc) is 1.55. The highest BCUT2D eigenvalue weighted by molar-refractivity contribution is 6.25. The second-order valence-corrected chi connectivity index (χ2v) is 26.0. The van der Waals surface area contributed by atoms with Gasteiger partial charge >= 0.3 is 0 Å². The summed E-state index contributed by atoms with van der Waals surface area (Å²) < 4.78 is 22.3. The van der Waals surface area contributed by atoms with Crippen molar-refractivity contribution in [3.63, 3.8) is 0 Å². The first-order valence-corrected chi connectivity index (χ1v) is 34.4. The van der Waals surface area contributed by atoms with Crippen molar-refractivity contribution in [1.82, 2.24) is 38.2 Å². The lowest BCUT2D eigenvalue weighted by Gasteiger charge is -2.14. The lowest BCUT2D eigenvalue weighted by Crippen LogP contribution is -2.04. The van der Waals surface area contributed by atoms with Crippen LogP contribution in [0.4, 0.5) is 0 Å². The van der Waals surface area contributed by atoms with Gasteiger partial charge in [-0.15, -0.1) is 0 Å². The van der Waals surface area contributed by atoms with Crippen LogP contribution in [0.15, 0.2) is 349 Å². The van der Waals surface area contributed by atoms with Gasteiger partial charge in [-0.2, -0.15) is 0 Å². The van der Waals surface area contributed by atoms with Gasteiger partial charge in [-0.1, -0.05) is 249 Å². The quantitative estimate of drug-likeness (QED) is 0.150. The first kappa shape index (κ1) is 57.1. The molecule has 0 aliphatic heterocycles. The molecular weight excluding hydrogens is 1250 g/mol. The molecule has 0 unspecified atom stereocenters. The molecule has 22 aromatic rings. The zero-order chi connectivity index (χ0) is 66.9. The van der Waals surface area contributed by atoms with Crippen molar-refractivity contribution in [3.8, 4) is 68.3 Å². The molecule has 0 spiro atoms. The fraction of sp³-hybridized carbons (Fsp3) is 0. The van der Waals surface area contributed by atoms with Gasteiger partial charge in [0.25, 0.3) is 0 Å². The van der Waals surface area contributed by atoms with Crippen molar-refractivity contribution in [2.24, 2.45) is 0 Å². The fourth-order valence-electron chi connectivity index (χ4n) is 15.8. The van der Waals surface area contributed by atoms with Crippen LogP contribution in [-0.4, -0.2) is 38.2 Å². The third kappa shape index (κ3) is 8.86. The summed E-state index contributed by atoms with van der Waals surface area (Å²) in [5, 5.41) is 13.8. The second kappa shape index (κ2) is 22.8. The van der Waals surface area contributed by atoms with Crippen molar-refractivity contribution in [2.75, 3.05) is 0 Å². The summed E-state index contributed by atoms with van der Waals surface area (Å²) in [6.07, 6.45) is 0. The van der Waals surface area contributed by atoms with Gasteiger partial charge in [0.05, 0.1) is 61.1 Å². The molecule has 0 N–H and O–H groups in total. The summed E-state index contributed by atoms with van der Waals surface area (Å²) in [5.74, 6) is 2.86. The van der Waals surface area contributed by atoms with E-state index in [9.17, 15) is 0 Å². The number of nitrogens with zero attached hydrogens (tertiary/aromatic N) is 8. The Morgan fingerprint density at radius 1 is 0.216 bits per heavy atom. The monoisotopic (exact) mass is 1300 g/mol. The highest BCUT2D eigenvalue weighted by Gasteiger charge is 2.26. The van der Waals surface area contributed by atoms with Gasteiger partial charge in [0.2, 0.25) is 0 Å². The van der Waals surface area contributed by atoms with E-state index in [0.29, 0.717) is 11.6 Å². The molecule has 0 saturated heterocycles. The molecule has 22 rings (SSSR count). The Labute approximate surface area is 582 Å². The Balaban J connectivity index is 0.000000133. The van der Waals surface area contributed by atoms with Crippen LogP contribution >= 0.6 is 0 Å². The van der Waals surface area contributed by atoms with Gasteiger partial charge in [0.1, 0.15) is 34.0 Å². The number of benzene rings is 14. The maximum Gasteiger partial charge on any atom is 0.165 e. The summed E-state index contributed by atoms with van der Waals surface area (Å²) in [7, 11) is 0. The van der Waals surface area contributed by atoms with Crippen LogP contribution in [0.2, 0.25) is 0 Å². The lowest BCUT2D eigenvalue weighted by molar-refractivity contribution is 0.669. The first-order chi connectivity index (χ1) is 50.6. The summed E-state index contributed by atoms with van der Waals surface area (Å²) >= 11 is 0. The lowest BCUT2D eigenvalue weighted by atomic mass is 10.1. The fourth-order valence-corrected chi connectivity index (χ4v) is 15.8. The number of para-hydroxylation sites is 9. The molecule has 102 heavy (non-hydrogen) atoms.